The molecule has 1 heterocycles. The molecule has 1 aliphatic heterocycles. The minimum atomic E-state index is -0.940. The number of halogens is 1. The summed E-state index contributed by atoms with van der Waals surface area (Å²) in [6.45, 7) is 1.27. The minimum Gasteiger partial charge on any atom is -0.462 e. The first-order valence-electron chi connectivity index (χ1n) is 9.19. The van der Waals surface area contributed by atoms with Gasteiger partial charge in [-0.3, -0.25) is 14.5 Å². The molecule has 7 nitrogen and oxygen atoms in total. The van der Waals surface area contributed by atoms with Crippen molar-refractivity contribution in [2.45, 2.75) is 6.92 Å². The fourth-order valence-corrected chi connectivity index (χ4v) is 3.10. The van der Waals surface area contributed by atoms with Crippen LogP contribution in [0.3, 0.4) is 0 Å². The predicted octanol–water partition coefficient (Wildman–Crippen LogP) is 3.13. The number of nitrogens with zero attached hydrogens (tertiary/aromatic N) is 1. The van der Waals surface area contributed by atoms with Gasteiger partial charge in [0.2, 0.25) is 0 Å². The number of esters is 2. The van der Waals surface area contributed by atoms with Crippen LogP contribution < -0.4 is 0 Å². The van der Waals surface area contributed by atoms with E-state index in [1.165, 1.54) is 6.08 Å². The summed E-state index contributed by atoms with van der Waals surface area (Å²) in [5.74, 6) is -2.71. The van der Waals surface area contributed by atoms with Crippen molar-refractivity contribution in [1.82, 2.24) is 4.90 Å². The highest BCUT2D eigenvalue weighted by molar-refractivity contribution is 6.32. The van der Waals surface area contributed by atoms with Gasteiger partial charge >= 0.3 is 11.9 Å². The van der Waals surface area contributed by atoms with Crippen molar-refractivity contribution in [3.05, 3.63) is 75.8 Å². The van der Waals surface area contributed by atoms with E-state index in [4.69, 9.17) is 21.1 Å². The predicted molar refractivity (Wildman–Crippen MR) is 109 cm³/mol. The average Bonchev–Trinajstić information content (AvgIpc) is 2.98. The van der Waals surface area contributed by atoms with Crippen molar-refractivity contribution in [3.8, 4) is 0 Å². The van der Waals surface area contributed by atoms with Gasteiger partial charge in [-0.25, -0.2) is 9.59 Å². The van der Waals surface area contributed by atoms with Gasteiger partial charge in [0.25, 0.3) is 11.8 Å². The van der Waals surface area contributed by atoms with E-state index in [2.05, 4.69) is 0 Å². The van der Waals surface area contributed by atoms with Crippen LogP contribution in [0.2, 0.25) is 5.02 Å². The number of carbonyl (C=O) groups excluding carboxylic acids is 4. The van der Waals surface area contributed by atoms with E-state index in [0.717, 1.165) is 4.90 Å². The third kappa shape index (κ3) is 4.41. The van der Waals surface area contributed by atoms with Gasteiger partial charge < -0.3 is 9.47 Å². The molecule has 2 aromatic rings. The number of carbonyl (C=O) groups is 4. The largest absolute Gasteiger partial charge is 0.462 e. The normalized spacial score (nSPS) is 13.3. The van der Waals surface area contributed by atoms with Crippen molar-refractivity contribution < 1.29 is 28.7 Å². The van der Waals surface area contributed by atoms with Gasteiger partial charge in [0.15, 0.2) is 0 Å². The van der Waals surface area contributed by atoms with Crippen LogP contribution in [0.4, 0.5) is 0 Å². The first-order chi connectivity index (χ1) is 14.4. The molecule has 8 heteroatoms. The average molecular weight is 428 g/mol. The standard InChI is InChI=1S/C22H18ClNO6/c1-2-29-21(27)17(13-14-7-3-6-10-18(14)23)22(28)30-12-11-24-19(25)15-8-4-5-9-16(15)20(24)26/h3-10,13H,2,11-12H2,1H3/b17-13-. The van der Waals surface area contributed by atoms with Crippen molar-refractivity contribution >= 4 is 41.4 Å². The second kappa shape index (κ2) is 9.37. The summed E-state index contributed by atoms with van der Waals surface area (Å²) in [6, 6.07) is 13.1. The quantitative estimate of drug-likeness (QED) is 0.222. The molecular weight excluding hydrogens is 410 g/mol. The topological polar surface area (TPSA) is 90.0 Å². The summed E-state index contributed by atoms with van der Waals surface area (Å²) in [7, 11) is 0. The summed E-state index contributed by atoms with van der Waals surface area (Å²) < 4.78 is 10.1. The van der Waals surface area contributed by atoms with Crippen molar-refractivity contribution in [1.29, 1.82) is 0 Å². The molecule has 0 aromatic heterocycles. The van der Waals surface area contributed by atoms with E-state index in [-0.39, 0.29) is 25.3 Å². The van der Waals surface area contributed by atoms with Gasteiger partial charge in [0.1, 0.15) is 12.2 Å². The molecule has 30 heavy (non-hydrogen) atoms. The lowest BCUT2D eigenvalue weighted by Crippen LogP contribution is -2.34. The molecule has 0 bridgehead atoms. The molecule has 0 radical (unpaired) electrons. The van der Waals surface area contributed by atoms with E-state index in [1.807, 2.05) is 0 Å². The Balaban J connectivity index is 1.70. The smallest absolute Gasteiger partial charge is 0.345 e. The summed E-state index contributed by atoms with van der Waals surface area (Å²) >= 11 is 6.09. The fraction of sp³-hybridized carbons (Fsp3) is 0.182. The lowest BCUT2D eigenvalue weighted by molar-refractivity contribution is -0.146. The number of imide groups is 1. The Bertz CT molecular complexity index is 1010. The van der Waals surface area contributed by atoms with Crippen LogP contribution in [-0.2, 0) is 19.1 Å². The monoisotopic (exact) mass is 427 g/mol. The molecule has 154 valence electrons. The Morgan fingerprint density at radius 1 is 0.933 bits per heavy atom. The molecule has 0 unspecified atom stereocenters. The maximum absolute atomic E-state index is 12.5. The Morgan fingerprint density at radius 2 is 1.50 bits per heavy atom. The van der Waals surface area contributed by atoms with E-state index in [9.17, 15) is 19.2 Å². The molecule has 0 atom stereocenters. The van der Waals surface area contributed by atoms with Gasteiger partial charge in [-0.2, -0.15) is 0 Å². The molecule has 0 N–H and O–H groups in total. The van der Waals surface area contributed by atoms with Gasteiger partial charge in [-0.05, 0) is 36.8 Å². The molecule has 0 saturated heterocycles. The van der Waals surface area contributed by atoms with Crippen LogP contribution in [0.5, 0.6) is 0 Å². The SMILES string of the molecule is CCOC(=O)/C(=C/c1ccccc1Cl)C(=O)OCCN1C(=O)c2ccccc2C1=O. The van der Waals surface area contributed by atoms with E-state index in [0.29, 0.717) is 21.7 Å². The number of benzene rings is 2. The van der Waals surface area contributed by atoms with E-state index in [1.54, 1.807) is 55.5 Å². The van der Waals surface area contributed by atoms with Crippen LogP contribution >= 0.6 is 11.6 Å². The number of amides is 2. The highest BCUT2D eigenvalue weighted by atomic mass is 35.5. The lowest BCUT2D eigenvalue weighted by Gasteiger charge is -2.14. The zero-order valence-electron chi connectivity index (χ0n) is 16.1. The molecule has 1 aliphatic rings. The number of rotatable bonds is 7. The van der Waals surface area contributed by atoms with E-state index >= 15 is 0 Å². The maximum Gasteiger partial charge on any atom is 0.345 e. The van der Waals surface area contributed by atoms with E-state index < -0.39 is 23.8 Å². The lowest BCUT2D eigenvalue weighted by atomic mass is 10.1. The summed E-state index contributed by atoms with van der Waals surface area (Å²) in [6.07, 6.45) is 1.28. The Labute approximate surface area is 177 Å². The molecule has 3 rings (SSSR count). The fourth-order valence-electron chi connectivity index (χ4n) is 2.91. The third-order valence-corrected chi connectivity index (χ3v) is 4.69. The number of fused-ring (bicyclic) bond motifs is 1. The molecule has 0 spiro atoms. The highest BCUT2D eigenvalue weighted by Gasteiger charge is 2.35. The van der Waals surface area contributed by atoms with Gasteiger partial charge in [0.05, 0.1) is 24.3 Å². The number of ether oxygens (including phenoxy) is 2. The van der Waals surface area contributed by atoms with Crippen LogP contribution in [0.15, 0.2) is 54.1 Å². The first-order valence-corrected chi connectivity index (χ1v) is 9.57. The zero-order valence-corrected chi connectivity index (χ0v) is 16.8. The molecule has 0 fully saturated rings. The Morgan fingerprint density at radius 3 is 2.10 bits per heavy atom. The Hall–Kier alpha value is -3.45. The van der Waals surface area contributed by atoms with Gasteiger partial charge in [-0.1, -0.05) is 41.9 Å². The van der Waals surface area contributed by atoms with Crippen LogP contribution in [0.25, 0.3) is 6.08 Å². The third-order valence-electron chi connectivity index (χ3n) is 4.35. The number of hydrogen-bond donors (Lipinski definition) is 0. The maximum atomic E-state index is 12.5. The molecule has 2 aromatic carbocycles. The minimum absolute atomic E-state index is 0.0705. The summed E-state index contributed by atoms with van der Waals surface area (Å²) in [5.41, 5.74) is 0.714. The molecular formula is C22H18ClNO6. The second-order valence-electron chi connectivity index (χ2n) is 6.24. The van der Waals surface area contributed by atoms with Gasteiger partial charge in [-0.15, -0.1) is 0 Å². The number of hydrogen-bond acceptors (Lipinski definition) is 6. The molecule has 2 amide bonds. The van der Waals surface area contributed by atoms with Gasteiger partial charge in [0, 0.05) is 5.02 Å². The van der Waals surface area contributed by atoms with Crippen LogP contribution in [0.1, 0.15) is 33.2 Å². The molecule has 0 saturated carbocycles. The highest BCUT2D eigenvalue weighted by Crippen LogP contribution is 2.22. The van der Waals surface area contributed by atoms with Crippen LogP contribution in [0, 0.1) is 0 Å². The summed E-state index contributed by atoms with van der Waals surface area (Å²) in [5, 5.41) is 0.345. The molecule has 0 aliphatic carbocycles. The second-order valence-corrected chi connectivity index (χ2v) is 6.65. The van der Waals surface area contributed by atoms with Crippen molar-refractivity contribution in [2.24, 2.45) is 0 Å². The Kier molecular flexibility index (Phi) is 6.64. The summed E-state index contributed by atoms with van der Waals surface area (Å²) in [4.78, 5) is 50.4. The first kappa shape index (κ1) is 21.3. The van der Waals surface area contributed by atoms with Crippen molar-refractivity contribution in [2.75, 3.05) is 19.8 Å². The van der Waals surface area contributed by atoms with Crippen molar-refractivity contribution in [3.63, 3.8) is 0 Å². The van der Waals surface area contributed by atoms with Crippen LogP contribution in [-0.4, -0.2) is 48.4 Å². The zero-order chi connectivity index (χ0) is 21.7.